The molecule has 2 aromatic heterocycles. The van der Waals surface area contributed by atoms with Crippen LogP contribution in [0.25, 0.3) is 22.2 Å². The van der Waals surface area contributed by atoms with E-state index >= 15 is 0 Å². The van der Waals surface area contributed by atoms with Gasteiger partial charge in [0.15, 0.2) is 5.78 Å². The number of ether oxygens (including phenoxy) is 1. The van der Waals surface area contributed by atoms with Crippen molar-refractivity contribution in [1.29, 1.82) is 0 Å². The van der Waals surface area contributed by atoms with Crippen molar-refractivity contribution in [3.63, 3.8) is 0 Å². The highest BCUT2D eigenvalue weighted by molar-refractivity contribution is 6.07. The molecule has 0 aliphatic carbocycles. The summed E-state index contributed by atoms with van der Waals surface area (Å²) in [6.07, 6.45) is 3.27. The van der Waals surface area contributed by atoms with E-state index in [1.807, 2.05) is 24.3 Å². The van der Waals surface area contributed by atoms with Crippen LogP contribution in [-0.2, 0) is 16.1 Å². The summed E-state index contributed by atoms with van der Waals surface area (Å²) < 4.78 is 20.4. The molecular formula is C24H23FN6O3. The summed E-state index contributed by atoms with van der Waals surface area (Å²) >= 11 is 0. The molecule has 9 nitrogen and oxygen atoms in total. The van der Waals surface area contributed by atoms with Gasteiger partial charge in [-0.25, -0.2) is 9.07 Å². The Morgan fingerprint density at radius 3 is 2.85 bits per heavy atom. The number of hydrogen-bond acceptors (Lipinski definition) is 6. The number of rotatable bonds is 7. The molecule has 0 unspecified atom stereocenters. The Morgan fingerprint density at radius 2 is 2.00 bits per heavy atom. The summed E-state index contributed by atoms with van der Waals surface area (Å²) in [5, 5.41) is 12.0. The predicted molar refractivity (Wildman–Crippen MR) is 124 cm³/mol. The topological polar surface area (TPSA) is 105 Å². The molecule has 3 heterocycles. The first-order chi connectivity index (χ1) is 16.6. The molecule has 1 amide bonds. The number of ketones is 1. The third kappa shape index (κ3) is 4.67. The van der Waals surface area contributed by atoms with Crippen LogP contribution in [0.5, 0.6) is 0 Å². The fraction of sp³-hybridized carbons (Fsp3) is 0.250. The SMILES string of the molecule is O=C(Cn1cc(-c2cccc(NCC(=O)N3CCOCC3)c2)nn1)c1c[nH]c2ccc(F)cc12. The van der Waals surface area contributed by atoms with Crippen molar-refractivity contribution in [3.8, 4) is 11.3 Å². The fourth-order valence-corrected chi connectivity index (χ4v) is 3.95. The van der Waals surface area contributed by atoms with Crippen LogP contribution >= 0.6 is 0 Å². The van der Waals surface area contributed by atoms with E-state index in [9.17, 15) is 14.0 Å². The first-order valence-electron chi connectivity index (χ1n) is 11.0. The monoisotopic (exact) mass is 462 g/mol. The zero-order valence-electron chi connectivity index (χ0n) is 18.3. The largest absolute Gasteiger partial charge is 0.378 e. The number of carbonyl (C=O) groups is 2. The fourth-order valence-electron chi connectivity index (χ4n) is 3.95. The van der Waals surface area contributed by atoms with Crippen LogP contribution in [0.1, 0.15) is 10.4 Å². The summed E-state index contributed by atoms with van der Waals surface area (Å²) in [6, 6.07) is 11.8. The third-order valence-corrected chi connectivity index (χ3v) is 5.75. The highest BCUT2D eigenvalue weighted by Gasteiger charge is 2.17. The van der Waals surface area contributed by atoms with Gasteiger partial charge in [0.05, 0.1) is 26.0 Å². The number of H-pyrrole nitrogens is 1. The third-order valence-electron chi connectivity index (χ3n) is 5.75. The highest BCUT2D eigenvalue weighted by atomic mass is 19.1. The van der Waals surface area contributed by atoms with Gasteiger partial charge in [0.25, 0.3) is 0 Å². The van der Waals surface area contributed by atoms with E-state index in [1.54, 1.807) is 23.4 Å². The molecule has 1 aliphatic heterocycles. The predicted octanol–water partition coefficient (Wildman–Crippen LogP) is 2.72. The number of Topliss-reactive ketones (excluding diaryl/α,β-unsaturated/α-hetero) is 1. The van der Waals surface area contributed by atoms with E-state index in [2.05, 4.69) is 20.6 Å². The Balaban J connectivity index is 1.25. The number of aromatic nitrogens is 4. The second-order valence-electron chi connectivity index (χ2n) is 8.04. The average Bonchev–Trinajstić information content (AvgIpc) is 3.50. The van der Waals surface area contributed by atoms with Gasteiger partial charge < -0.3 is 19.9 Å². The van der Waals surface area contributed by atoms with Crippen molar-refractivity contribution in [2.24, 2.45) is 0 Å². The molecule has 174 valence electrons. The minimum absolute atomic E-state index is 0.0234. The molecule has 1 saturated heterocycles. The minimum Gasteiger partial charge on any atom is -0.378 e. The van der Waals surface area contributed by atoms with Gasteiger partial charge in [-0.1, -0.05) is 17.3 Å². The summed E-state index contributed by atoms with van der Waals surface area (Å²) in [5.41, 5.74) is 3.28. The lowest BCUT2D eigenvalue weighted by Crippen LogP contribution is -2.43. The number of amides is 1. The number of hydrogen-bond donors (Lipinski definition) is 2. The number of anilines is 1. The van der Waals surface area contributed by atoms with Crippen LogP contribution < -0.4 is 5.32 Å². The van der Waals surface area contributed by atoms with Gasteiger partial charge in [0.1, 0.15) is 18.1 Å². The van der Waals surface area contributed by atoms with E-state index in [4.69, 9.17) is 4.74 Å². The van der Waals surface area contributed by atoms with Crippen molar-refractivity contribution in [1.82, 2.24) is 24.9 Å². The number of nitrogens with one attached hydrogen (secondary N) is 2. The second kappa shape index (κ2) is 9.44. The van der Waals surface area contributed by atoms with Crippen LogP contribution in [0.2, 0.25) is 0 Å². The normalized spacial score (nSPS) is 13.9. The molecule has 0 atom stereocenters. The molecule has 0 radical (unpaired) electrons. The Morgan fingerprint density at radius 1 is 1.15 bits per heavy atom. The lowest BCUT2D eigenvalue weighted by Gasteiger charge is -2.27. The Labute approximate surface area is 194 Å². The molecule has 34 heavy (non-hydrogen) atoms. The first kappa shape index (κ1) is 21.8. The van der Waals surface area contributed by atoms with Crippen LogP contribution in [0.3, 0.4) is 0 Å². The lowest BCUT2D eigenvalue weighted by molar-refractivity contribution is -0.133. The van der Waals surface area contributed by atoms with Crippen LogP contribution in [-0.4, -0.2) is 69.4 Å². The number of fused-ring (bicyclic) bond motifs is 1. The number of carbonyl (C=O) groups excluding carboxylic acids is 2. The molecule has 10 heteroatoms. The van der Waals surface area contributed by atoms with Crippen LogP contribution in [0.4, 0.5) is 10.1 Å². The van der Waals surface area contributed by atoms with Crippen molar-refractivity contribution >= 4 is 28.3 Å². The molecule has 0 spiro atoms. The van der Waals surface area contributed by atoms with E-state index in [1.165, 1.54) is 16.8 Å². The maximum Gasteiger partial charge on any atom is 0.242 e. The van der Waals surface area contributed by atoms with Gasteiger partial charge in [-0.05, 0) is 30.3 Å². The highest BCUT2D eigenvalue weighted by Crippen LogP contribution is 2.22. The van der Waals surface area contributed by atoms with Gasteiger partial charge >= 0.3 is 0 Å². The standard InChI is InChI=1S/C24H23FN6O3/c25-17-4-5-21-19(11-17)20(12-27-21)23(32)15-31-14-22(28-29-31)16-2-1-3-18(10-16)26-13-24(33)30-6-8-34-9-7-30/h1-5,10-12,14,26-27H,6-9,13,15H2. The van der Waals surface area contributed by atoms with E-state index < -0.39 is 5.82 Å². The first-order valence-corrected chi connectivity index (χ1v) is 11.0. The number of morpholine rings is 1. The summed E-state index contributed by atoms with van der Waals surface area (Å²) in [6.45, 7) is 2.51. The Kier molecular flexibility index (Phi) is 6.05. The quantitative estimate of drug-likeness (QED) is 0.409. The number of nitrogens with zero attached hydrogens (tertiary/aromatic N) is 4. The van der Waals surface area contributed by atoms with Gasteiger partial charge in [-0.2, -0.15) is 0 Å². The molecule has 0 saturated carbocycles. The Hall–Kier alpha value is -4.05. The van der Waals surface area contributed by atoms with Gasteiger partial charge in [-0.15, -0.1) is 5.10 Å². The molecule has 1 fully saturated rings. The number of halogens is 1. The maximum atomic E-state index is 13.6. The molecule has 1 aliphatic rings. The second-order valence-corrected chi connectivity index (χ2v) is 8.04. The smallest absolute Gasteiger partial charge is 0.242 e. The maximum absolute atomic E-state index is 13.6. The van der Waals surface area contributed by atoms with Crippen molar-refractivity contribution in [2.75, 3.05) is 38.2 Å². The zero-order valence-corrected chi connectivity index (χ0v) is 18.3. The number of aromatic amines is 1. The van der Waals surface area contributed by atoms with Crippen LogP contribution in [0.15, 0.2) is 54.9 Å². The molecule has 2 aromatic carbocycles. The van der Waals surface area contributed by atoms with E-state index in [0.717, 1.165) is 11.3 Å². The van der Waals surface area contributed by atoms with Gasteiger partial charge in [-0.3, -0.25) is 9.59 Å². The van der Waals surface area contributed by atoms with Gasteiger partial charge in [0, 0.05) is 47.0 Å². The summed E-state index contributed by atoms with van der Waals surface area (Å²) in [4.78, 5) is 29.9. The van der Waals surface area contributed by atoms with E-state index in [0.29, 0.717) is 48.5 Å². The van der Waals surface area contributed by atoms with Crippen LogP contribution in [0, 0.1) is 5.82 Å². The minimum atomic E-state index is -0.399. The molecule has 0 bridgehead atoms. The van der Waals surface area contributed by atoms with Crippen molar-refractivity contribution < 1.29 is 18.7 Å². The molecular weight excluding hydrogens is 439 g/mol. The van der Waals surface area contributed by atoms with Gasteiger partial charge in [0.2, 0.25) is 5.91 Å². The molecule has 2 N–H and O–H groups in total. The summed E-state index contributed by atoms with van der Waals surface area (Å²) in [5.74, 6) is -0.579. The van der Waals surface area contributed by atoms with Crippen molar-refractivity contribution in [3.05, 3.63) is 66.2 Å². The average molecular weight is 462 g/mol. The molecule has 5 rings (SSSR count). The summed E-state index contributed by atoms with van der Waals surface area (Å²) in [7, 11) is 0. The zero-order chi connectivity index (χ0) is 23.5. The van der Waals surface area contributed by atoms with Crippen molar-refractivity contribution in [2.45, 2.75) is 6.54 Å². The van der Waals surface area contributed by atoms with E-state index in [-0.39, 0.29) is 24.8 Å². The Bertz CT molecular complexity index is 1340. The molecule has 4 aromatic rings. The lowest BCUT2D eigenvalue weighted by atomic mass is 10.1. The number of benzene rings is 2.